The van der Waals surface area contributed by atoms with E-state index in [-0.39, 0.29) is 0 Å². The summed E-state index contributed by atoms with van der Waals surface area (Å²) in [4.78, 5) is 28.5. The Morgan fingerprint density at radius 1 is 0.840 bits per heavy atom. The van der Waals surface area contributed by atoms with Gasteiger partial charge in [-0.15, -0.1) is 0 Å². The predicted molar refractivity (Wildman–Crippen MR) is 101 cm³/mol. The number of nitrogens with zero attached hydrogens (tertiary/aromatic N) is 1. The highest BCUT2D eigenvalue weighted by Gasteiger charge is 2.23. The number of nitrogens with one attached hydrogen (secondary N) is 1. The van der Waals surface area contributed by atoms with Crippen molar-refractivity contribution in [1.82, 2.24) is 4.90 Å². The van der Waals surface area contributed by atoms with E-state index in [9.17, 15) is 9.59 Å². The molecule has 1 aliphatic rings. The number of rotatable bonds is 3. The number of carbonyl (C=O) groups is 2. The molecule has 25 heavy (non-hydrogen) atoms. The Bertz CT molecular complexity index is 725. The van der Waals surface area contributed by atoms with Gasteiger partial charge in [0.15, 0.2) is 0 Å². The van der Waals surface area contributed by atoms with Crippen LogP contribution in [0.1, 0.15) is 25.7 Å². The van der Waals surface area contributed by atoms with Crippen LogP contribution in [0.5, 0.6) is 0 Å². The Kier molecular flexibility index (Phi) is 6.12. The molecule has 0 aliphatic carbocycles. The summed E-state index contributed by atoms with van der Waals surface area (Å²) < 4.78 is 0. The van der Waals surface area contributed by atoms with Crippen LogP contribution in [0.4, 0.5) is 5.69 Å². The van der Waals surface area contributed by atoms with E-state index in [2.05, 4.69) is 5.32 Å². The fourth-order valence-corrected chi connectivity index (χ4v) is 3.79. The van der Waals surface area contributed by atoms with Crippen LogP contribution in [0.2, 0.25) is 0 Å². The number of likely N-dealkylation sites (tertiary alicyclic amines) is 1. The Morgan fingerprint density at radius 2 is 1.48 bits per heavy atom. The molecule has 1 aliphatic heterocycles. The molecule has 2 amide bonds. The molecule has 5 heteroatoms. The summed E-state index contributed by atoms with van der Waals surface area (Å²) in [6.45, 7) is 1.35. The topological polar surface area (TPSA) is 49.4 Å². The molecule has 0 saturated carbocycles. The van der Waals surface area contributed by atoms with Crippen LogP contribution in [0.3, 0.4) is 0 Å². The van der Waals surface area contributed by atoms with Gasteiger partial charge in [-0.25, -0.2) is 0 Å². The van der Waals surface area contributed by atoms with Crippen LogP contribution >= 0.6 is 11.8 Å². The van der Waals surface area contributed by atoms with Crippen molar-refractivity contribution < 1.29 is 9.59 Å². The second-order valence-corrected chi connectivity index (χ2v) is 7.19. The molecule has 0 unspecified atom stereocenters. The molecule has 1 heterocycles. The Morgan fingerprint density at radius 3 is 2.20 bits per heavy atom. The van der Waals surface area contributed by atoms with Gasteiger partial charge in [0.25, 0.3) is 0 Å². The summed E-state index contributed by atoms with van der Waals surface area (Å²) in [6, 6.07) is 17.5. The zero-order valence-electron chi connectivity index (χ0n) is 14.1. The minimum absolute atomic E-state index is 0.429. The zero-order valence-corrected chi connectivity index (χ0v) is 14.9. The first-order chi connectivity index (χ1) is 12.2. The Labute approximate surface area is 152 Å². The highest BCUT2D eigenvalue weighted by atomic mass is 32.2. The van der Waals surface area contributed by atoms with Crippen LogP contribution in [-0.4, -0.2) is 29.8 Å². The van der Waals surface area contributed by atoms with E-state index >= 15 is 0 Å². The first-order valence-corrected chi connectivity index (χ1v) is 9.48. The van der Waals surface area contributed by atoms with Crippen molar-refractivity contribution in [3.05, 3.63) is 54.6 Å². The van der Waals surface area contributed by atoms with Gasteiger partial charge in [0, 0.05) is 22.9 Å². The third kappa shape index (κ3) is 4.86. The SMILES string of the molecule is O=C(Nc1ccccc1Sc1ccccc1)C(=O)N1CCCCCC1. The average molecular weight is 354 g/mol. The number of para-hydroxylation sites is 1. The van der Waals surface area contributed by atoms with E-state index in [0.29, 0.717) is 18.8 Å². The van der Waals surface area contributed by atoms with Crippen molar-refractivity contribution in [2.75, 3.05) is 18.4 Å². The van der Waals surface area contributed by atoms with Gasteiger partial charge in [0.1, 0.15) is 0 Å². The van der Waals surface area contributed by atoms with E-state index < -0.39 is 11.8 Å². The summed E-state index contributed by atoms with van der Waals surface area (Å²) in [5, 5.41) is 2.80. The minimum Gasteiger partial charge on any atom is -0.334 e. The maximum atomic E-state index is 12.4. The summed E-state index contributed by atoms with van der Waals surface area (Å²) in [7, 11) is 0. The van der Waals surface area contributed by atoms with Gasteiger partial charge in [0.2, 0.25) is 0 Å². The first-order valence-electron chi connectivity index (χ1n) is 8.66. The van der Waals surface area contributed by atoms with Gasteiger partial charge in [-0.05, 0) is 37.1 Å². The van der Waals surface area contributed by atoms with Gasteiger partial charge in [0.05, 0.1) is 5.69 Å². The smallest absolute Gasteiger partial charge is 0.313 e. The number of hydrogen-bond acceptors (Lipinski definition) is 3. The number of anilines is 1. The van der Waals surface area contributed by atoms with E-state index in [1.165, 1.54) is 0 Å². The quantitative estimate of drug-likeness (QED) is 0.841. The highest BCUT2D eigenvalue weighted by molar-refractivity contribution is 7.99. The van der Waals surface area contributed by atoms with Gasteiger partial charge in [-0.2, -0.15) is 0 Å². The van der Waals surface area contributed by atoms with E-state index in [4.69, 9.17) is 0 Å². The van der Waals surface area contributed by atoms with Crippen LogP contribution < -0.4 is 5.32 Å². The standard InChI is InChI=1S/C20H22N2O2S/c23-19(20(24)22-14-8-1-2-9-15-22)21-17-12-6-7-13-18(17)25-16-10-4-3-5-11-16/h3-7,10-13H,1-2,8-9,14-15H2,(H,21,23). The highest BCUT2D eigenvalue weighted by Crippen LogP contribution is 2.33. The maximum absolute atomic E-state index is 12.4. The Balaban J connectivity index is 1.69. The number of amides is 2. The number of benzene rings is 2. The third-order valence-electron chi connectivity index (χ3n) is 4.19. The minimum atomic E-state index is -0.553. The van der Waals surface area contributed by atoms with Crippen LogP contribution in [-0.2, 0) is 9.59 Å². The summed E-state index contributed by atoms with van der Waals surface area (Å²) in [5.41, 5.74) is 0.671. The van der Waals surface area contributed by atoms with Crippen molar-refractivity contribution in [3.8, 4) is 0 Å². The van der Waals surface area contributed by atoms with Crippen molar-refractivity contribution in [1.29, 1.82) is 0 Å². The molecule has 1 N–H and O–H groups in total. The molecule has 0 bridgehead atoms. The molecular formula is C20H22N2O2S. The van der Waals surface area contributed by atoms with E-state index in [1.54, 1.807) is 16.7 Å². The fraction of sp³-hybridized carbons (Fsp3) is 0.300. The normalized spacial score (nSPS) is 14.6. The van der Waals surface area contributed by atoms with Gasteiger partial charge < -0.3 is 10.2 Å². The van der Waals surface area contributed by atoms with Crippen molar-refractivity contribution in [3.63, 3.8) is 0 Å². The second-order valence-electron chi connectivity index (χ2n) is 6.07. The molecule has 1 fully saturated rings. The molecule has 2 aromatic rings. The lowest BCUT2D eigenvalue weighted by molar-refractivity contribution is -0.143. The van der Waals surface area contributed by atoms with Crippen LogP contribution in [0.25, 0.3) is 0 Å². The number of carbonyl (C=O) groups excluding carboxylic acids is 2. The molecule has 0 spiro atoms. The molecule has 0 atom stereocenters. The van der Waals surface area contributed by atoms with Gasteiger partial charge >= 0.3 is 11.8 Å². The van der Waals surface area contributed by atoms with Crippen molar-refractivity contribution in [2.45, 2.75) is 35.5 Å². The molecule has 1 saturated heterocycles. The first kappa shape index (κ1) is 17.5. The molecule has 130 valence electrons. The molecular weight excluding hydrogens is 332 g/mol. The molecule has 2 aromatic carbocycles. The van der Waals surface area contributed by atoms with Crippen molar-refractivity contribution >= 4 is 29.3 Å². The molecule has 4 nitrogen and oxygen atoms in total. The lowest BCUT2D eigenvalue weighted by Gasteiger charge is -2.20. The lowest BCUT2D eigenvalue weighted by Crippen LogP contribution is -2.40. The van der Waals surface area contributed by atoms with E-state index in [1.807, 2.05) is 54.6 Å². The predicted octanol–water partition coefficient (Wildman–Crippen LogP) is 4.18. The second kappa shape index (κ2) is 8.72. The monoisotopic (exact) mass is 354 g/mol. The van der Waals surface area contributed by atoms with Gasteiger partial charge in [-0.3, -0.25) is 9.59 Å². The zero-order chi connectivity index (χ0) is 17.5. The Hall–Kier alpha value is -2.27. The number of hydrogen-bond donors (Lipinski definition) is 1. The fourth-order valence-electron chi connectivity index (χ4n) is 2.87. The van der Waals surface area contributed by atoms with Crippen LogP contribution in [0.15, 0.2) is 64.4 Å². The lowest BCUT2D eigenvalue weighted by atomic mass is 10.2. The molecule has 0 radical (unpaired) electrons. The summed E-state index contributed by atoms with van der Waals surface area (Å²) in [6.07, 6.45) is 4.20. The third-order valence-corrected chi connectivity index (χ3v) is 5.28. The summed E-state index contributed by atoms with van der Waals surface area (Å²) in [5.74, 6) is -0.982. The summed E-state index contributed by atoms with van der Waals surface area (Å²) >= 11 is 1.57. The van der Waals surface area contributed by atoms with Crippen molar-refractivity contribution in [2.24, 2.45) is 0 Å². The van der Waals surface area contributed by atoms with E-state index in [0.717, 1.165) is 35.5 Å². The largest absolute Gasteiger partial charge is 0.334 e. The molecule has 0 aromatic heterocycles. The van der Waals surface area contributed by atoms with Gasteiger partial charge in [-0.1, -0.05) is 54.9 Å². The average Bonchev–Trinajstić information content (AvgIpc) is 2.93. The molecule has 3 rings (SSSR count). The van der Waals surface area contributed by atoms with Crippen LogP contribution in [0, 0.1) is 0 Å². The maximum Gasteiger partial charge on any atom is 0.313 e.